The molecule has 2 unspecified atom stereocenters. The van der Waals surface area contributed by atoms with Crippen LogP contribution in [0.1, 0.15) is 42.3 Å². The summed E-state index contributed by atoms with van der Waals surface area (Å²) in [6.07, 6.45) is 7.38. The summed E-state index contributed by atoms with van der Waals surface area (Å²) in [6.45, 7) is 4.33. The van der Waals surface area contributed by atoms with E-state index in [1.165, 1.54) is 11.6 Å². The number of guanidine groups is 1. The average molecular weight is 561 g/mol. The largest absolute Gasteiger partial charge is 0.354 e. The van der Waals surface area contributed by atoms with Crippen molar-refractivity contribution < 1.29 is 4.39 Å². The number of hydrogen-bond acceptors (Lipinski definition) is 3. The summed E-state index contributed by atoms with van der Waals surface area (Å²) in [5.74, 6) is 1.07. The van der Waals surface area contributed by atoms with Crippen molar-refractivity contribution in [2.75, 3.05) is 39.8 Å². The molecule has 2 atom stereocenters. The second-order valence-corrected chi connectivity index (χ2v) is 8.61. The molecule has 31 heavy (non-hydrogen) atoms. The van der Waals surface area contributed by atoms with Crippen molar-refractivity contribution in [3.63, 3.8) is 0 Å². The Bertz CT molecular complexity index is 878. The summed E-state index contributed by atoms with van der Waals surface area (Å²) in [4.78, 5) is 9.11. The number of nitrogens with zero attached hydrogens (tertiary/aromatic N) is 5. The van der Waals surface area contributed by atoms with Crippen LogP contribution < -0.4 is 5.32 Å². The molecule has 0 amide bonds. The molecule has 2 aliphatic rings. The summed E-state index contributed by atoms with van der Waals surface area (Å²) < 4.78 is 16.6. The molecule has 2 saturated heterocycles. The quantitative estimate of drug-likeness (QED) is 0.341. The highest BCUT2D eigenvalue weighted by atomic mass is 127. The van der Waals surface area contributed by atoms with Crippen LogP contribution in [0.2, 0.25) is 5.02 Å². The minimum atomic E-state index is -0.242. The predicted molar refractivity (Wildman–Crippen MR) is 134 cm³/mol. The minimum absolute atomic E-state index is 0. The number of rotatable bonds is 5. The molecule has 1 aromatic heterocycles. The lowest BCUT2D eigenvalue weighted by Crippen LogP contribution is -2.44. The summed E-state index contributed by atoms with van der Waals surface area (Å²) in [5, 5.41) is 8.30. The van der Waals surface area contributed by atoms with Gasteiger partial charge in [-0.25, -0.2) is 4.39 Å². The molecule has 3 heterocycles. The lowest BCUT2D eigenvalue weighted by molar-refractivity contribution is 0.239. The van der Waals surface area contributed by atoms with Crippen LogP contribution in [0.25, 0.3) is 0 Å². The predicted octanol–water partition coefficient (Wildman–Crippen LogP) is 4.03. The van der Waals surface area contributed by atoms with Crippen LogP contribution in [0.3, 0.4) is 0 Å². The smallest absolute Gasteiger partial charge is 0.193 e. The van der Waals surface area contributed by atoms with E-state index in [0.29, 0.717) is 23.0 Å². The Morgan fingerprint density at radius 2 is 2.10 bits per heavy atom. The Morgan fingerprint density at radius 1 is 1.32 bits per heavy atom. The van der Waals surface area contributed by atoms with Crippen molar-refractivity contribution in [1.82, 2.24) is 24.9 Å². The number of halogens is 3. The van der Waals surface area contributed by atoms with Crippen LogP contribution in [-0.4, -0.2) is 65.3 Å². The molecule has 1 aromatic carbocycles. The number of aryl methyl sites for hydroxylation is 1. The third kappa shape index (κ3) is 5.51. The molecular formula is C22H31ClFIN6. The first-order chi connectivity index (χ1) is 14.6. The van der Waals surface area contributed by atoms with E-state index >= 15 is 0 Å². The van der Waals surface area contributed by atoms with Gasteiger partial charge in [0.1, 0.15) is 5.82 Å². The highest BCUT2D eigenvalue weighted by Gasteiger charge is 2.30. The SMILES string of the molecule is CN=C(NCC(c1c(F)cccc1Cl)N1CCCC1)N1CCC(c2cnn(C)c2)C1.I. The average Bonchev–Trinajstić information content (AvgIpc) is 3.48. The Labute approximate surface area is 205 Å². The van der Waals surface area contributed by atoms with E-state index in [1.54, 1.807) is 19.2 Å². The van der Waals surface area contributed by atoms with E-state index in [4.69, 9.17) is 11.6 Å². The Balaban J connectivity index is 0.00000272. The Morgan fingerprint density at radius 3 is 2.74 bits per heavy atom. The molecule has 170 valence electrons. The number of benzene rings is 1. The van der Waals surface area contributed by atoms with E-state index in [-0.39, 0.29) is 35.8 Å². The molecule has 2 aromatic rings. The molecule has 2 aliphatic heterocycles. The van der Waals surface area contributed by atoms with Gasteiger partial charge in [0, 0.05) is 56.4 Å². The van der Waals surface area contributed by atoms with Crippen molar-refractivity contribution in [3.8, 4) is 0 Å². The van der Waals surface area contributed by atoms with Gasteiger partial charge in [-0.3, -0.25) is 14.6 Å². The van der Waals surface area contributed by atoms with Crippen LogP contribution in [0, 0.1) is 5.82 Å². The fraction of sp³-hybridized carbons (Fsp3) is 0.545. The second kappa shape index (κ2) is 11.0. The first-order valence-corrected chi connectivity index (χ1v) is 11.1. The highest BCUT2D eigenvalue weighted by molar-refractivity contribution is 14.0. The molecule has 0 saturated carbocycles. The van der Waals surface area contributed by atoms with Crippen LogP contribution in [-0.2, 0) is 7.05 Å². The maximum atomic E-state index is 14.7. The number of hydrogen-bond donors (Lipinski definition) is 1. The molecule has 6 nitrogen and oxygen atoms in total. The third-order valence-electron chi connectivity index (χ3n) is 6.26. The van der Waals surface area contributed by atoms with Gasteiger partial charge in [0.05, 0.1) is 12.2 Å². The van der Waals surface area contributed by atoms with Crippen molar-refractivity contribution in [2.45, 2.75) is 31.2 Å². The van der Waals surface area contributed by atoms with E-state index in [0.717, 1.165) is 51.4 Å². The fourth-order valence-corrected chi connectivity index (χ4v) is 4.98. The molecule has 9 heteroatoms. The van der Waals surface area contributed by atoms with E-state index in [2.05, 4.69) is 31.4 Å². The zero-order valence-corrected chi connectivity index (χ0v) is 21.2. The lowest BCUT2D eigenvalue weighted by Gasteiger charge is -2.31. The van der Waals surface area contributed by atoms with Gasteiger partial charge < -0.3 is 10.2 Å². The van der Waals surface area contributed by atoms with Crippen molar-refractivity contribution in [3.05, 3.63) is 52.6 Å². The molecule has 0 bridgehead atoms. The van der Waals surface area contributed by atoms with Gasteiger partial charge in [0.15, 0.2) is 5.96 Å². The lowest BCUT2D eigenvalue weighted by atomic mass is 10.0. The molecule has 4 rings (SSSR count). The number of aliphatic imine (C=N–C) groups is 1. The van der Waals surface area contributed by atoms with E-state index in [1.807, 2.05) is 17.9 Å². The van der Waals surface area contributed by atoms with Gasteiger partial charge in [-0.1, -0.05) is 17.7 Å². The maximum absolute atomic E-state index is 14.7. The first kappa shape index (κ1) is 24.3. The van der Waals surface area contributed by atoms with Gasteiger partial charge in [-0.2, -0.15) is 5.10 Å². The van der Waals surface area contributed by atoms with Gasteiger partial charge in [0.2, 0.25) is 0 Å². The Kier molecular flexibility index (Phi) is 8.58. The first-order valence-electron chi connectivity index (χ1n) is 10.7. The summed E-state index contributed by atoms with van der Waals surface area (Å²) in [5.41, 5.74) is 1.85. The molecular weight excluding hydrogens is 530 g/mol. The van der Waals surface area contributed by atoms with E-state index < -0.39 is 0 Å². The zero-order valence-electron chi connectivity index (χ0n) is 18.1. The van der Waals surface area contributed by atoms with Gasteiger partial charge in [0.25, 0.3) is 0 Å². The summed E-state index contributed by atoms with van der Waals surface area (Å²) >= 11 is 6.42. The molecule has 0 aliphatic carbocycles. The van der Waals surface area contributed by atoms with E-state index in [9.17, 15) is 4.39 Å². The van der Waals surface area contributed by atoms with Crippen molar-refractivity contribution in [1.29, 1.82) is 0 Å². The molecule has 0 radical (unpaired) electrons. The minimum Gasteiger partial charge on any atom is -0.354 e. The summed E-state index contributed by atoms with van der Waals surface area (Å²) in [6, 6.07) is 4.82. The molecule has 1 N–H and O–H groups in total. The number of likely N-dealkylation sites (tertiary alicyclic amines) is 2. The topological polar surface area (TPSA) is 48.7 Å². The maximum Gasteiger partial charge on any atom is 0.193 e. The number of nitrogens with one attached hydrogen (secondary N) is 1. The van der Waals surface area contributed by atoms with Gasteiger partial charge >= 0.3 is 0 Å². The van der Waals surface area contributed by atoms with Crippen LogP contribution in [0.5, 0.6) is 0 Å². The molecule has 2 fully saturated rings. The van der Waals surface area contributed by atoms with Crippen molar-refractivity contribution >= 4 is 41.5 Å². The monoisotopic (exact) mass is 560 g/mol. The Hall–Kier alpha value is -1.39. The van der Waals surface area contributed by atoms with Gasteiger partial charge in [-0.15, -0.1) is 24.0 Å². The van der Waals surface area contributed by atoms with Crippen LogP contribution >= 0.6 is 35.6 Å². The fourth-order valence-electron chi connectivity index (χ4n) is 4.69. The van der Waals surface area contributed by atoms with Gasteiger partial charge in [-0.05, 0) is 50.0 Å². The summed E-state index contributed by atoms with van der Waals surface area (Å²) in [7, 11) is 3.75. The molecule has 0 spiro atoms. The van der Waals surface area contributed by atoms with Crippen LogP contribution in [0.15, 0.2) is 35.6 Å². The van der Waals surface area contributed by atoms with Crippen molar-refractivity contribution in [2.24, 2.45) is 12.0 Å². The van der Waals surface area contributed by atoms with Crippen LogP contribution in [0.4, 0.5) is 4.39 Å². The zero-order chi connectivity index (χ0) is 21.1. The number of aromatic nitrogens is 2. The second-order valence-electron chi connectivity index (χ2n) is 8.20. The highest BCUT2D eigenvalue weighted by Crippen LogP contribution is 2.32. The third-order valence-corrected chi connectivity index (χ3v) is 6.59. The normalized spacial score (nSPS) is 20.7. The standard InChI is InChI=1S/C22H30ClFN6.HI/c1-25-22(30-11-8-16(15-30)17-12-27-28(2)14-17)26-13-20(29-9-3-4-10-29)21-18(23)6-5-7-19(21)24;/h5-7,12,14,16,20H,3-4,8-11,13,15H2,1-2H3,(H,25,26);1H.